The van der Waals surface area contributed by atoms with Crippen molar-refractivity contribution in [1.82, 2.24) is 9.21 Å². The molecule has 0 spiro atoms. The summed E-state index contributed by atoms with van der Waals surface area (Å²) in [6.45, 7) is 0.0683. The quantitative estimate of drug-likeness (QED) is 0.808. The standard InChI is InChI=1S/C15H21FN2O5S/c1-17(2)24(21,22)9-10-7-18(8-13(10)19)15(20)11-5-4-6-12(16)14(11)23-3/h4-6,10,13,19H,7-9H2,1-3H3/t10-,13+/m0/s1. The Hall–Kier alpha value is -1.71. The van der Waals surface area contributed by atoms with Crippen LogP contribution in [0.25, 0.3) is 0 Å². The highest BCUT2D eigenvalue weighted by molar-refractivity contribution is 7.89. The number of carbonyl (C=O) groups is 1. The molecule has 0 saturated carbocycles. The molecule has 1 fully saturated rings. The SMILES string of the molecule is COc1c(F)cccc1C(=O)N1C[C@@H](CS(=O)(=O)N(C)C)[C@H](O)C1. The van der Waals surface area contributed by atoms with Crippen molar-refractivity contribution in [2.24, 2.45) is 5.92 Å². The molecule has 0 aromatic heterocycles. The van der Waals surface area contributed by atoms with Gasteiger partial charge < -0.3 is 14.7 Å². The Bertz CT molecular complexity index is 723. The van der Waals surface area contributed by atoms with Crippen LogP contribution in [0.1, 0.15) is 10.4 Å². The van der Waals surface area contributed by atoms with Gasteiger partial charge >= 0.3 is 0 Å². The molecule has 0 bridgehead atoms. The molecule has 7 nitrogen and oxygen atoms in total. The molecule has 1 saturated heterocycles. The van der Waals surface area contributed by atoms with Gasteiger partial charge in [-0.1, -0.05) is 6.07 Å². The van der Waals surface area contributed by atoms with Crippen LogP contribution in [0.3, 0.4) is 0 Å². The lowest BCUT2D eigenvalue weighted by Gasteiger charge is -2.19. The van der Waals surface area contributed by atoms with Gasteiger partial charge in [0.1, 0.15) is 0 Å². The van der Waals surface area contributed by atoms with Crippen LogP contribution in [0.2, 0.25) is 0 Å². The number of amides is 1. The van der Waals surface area contributed by atoms with Gasteiger partial charge in [-0.25, -0.2) is 17.1 Å². The molecule has 134 valence electrons. The maximum absolute atomic E-state index is 13.7. The smallest absolute Gasteiger partial charge is 0.257 e. The van der Waals surface area contributed by atoms with E-state index in [0.29, 0.717) is 0 Å². The molecule has 1 heterocycles. The van der Waals surface area contributed by atoms with Crippen molar-refractivity contribution in [2.45, 2.75) is 6.10 Å². The molecule has 9 heteroatoms. The number of aliphatic hydroxyl groups excluding tert-OH is 1. The van der Waals surface area contributed by atoms with Crippen molar-refractivity contribution < 1.29 is 27.4 Å². The van der Waals surface area contributed by atoms with Gasteiger partial charge in [0, 0.05) is 33.1 Å². The van der Waals surface area contributed by atoms with Crippen LogP contribution in [0.4, 0.5) is 4.39 Å². The summed E-state index contributed by atoms with van der Waals surface area (Å²) < 4.78 is 43.7. The molecule has 0 radical (unpaired) electrons. The molecule has 0 unspecified atom stereocenters. The summed E-state index contributed by atoms with van der Waals surface area (Å²) in [7, 11) is 0.595. The largest absolute Gasteiger partial charge is 0.493 e. The molecule has 1 aliphatic heterocycles. The Morgan fingerprint density at radius 2 is 2.08 bits per heavy atom. The Morgan fingerprint density at radius 1 is 1.42 bits per heavy atom. The third-order valence-corrected chi connectivity index (χ3v) is 6.04. The van der Waals surface area contributed by atoms with E-state index in [9.17, 15) is 22.7 Å². The lowest BCUT2D eigenvalue weighted by molar-refractivity contribution is 0.0760. The highest BCUT2D eigenvalue weighted by atomic mass is 32.2. The number of β-amino-alcohol motifs (C(OH)–C–C–N with tert-alkyl or cyclic N) is 1. The summed E-state index contributed by atoms with van der Waals surface area (Å²) in [4.78, 5) is 13.9. The lowest BCUT2D eigenvalue weighted by atomic mass is 10.1. The molecule has 1 aromatic carbocycles. The van der Waals surface area contributed by atoms with Crippen molar-refractivity contribution in [3.05, 3.63) is 29.6 Å². The topological polar surface area (TPSA) is 87.2 Å². The average Bonchev–Trinajstić information content (AvgIpc) is 2.86. The van der Waals surface area contributed by atoms with Gasteiger partial charge in [-0.05, 0) is 12.1 Å². The van der Waals surface area contributed by atoms with E-state index in [2.05, 4.69) is 0 Å². The van der Waals surface area contributed by atoms with Gasteiger partial charge in [-0.2, -0.15) is 0 Å². The summed E-state index contributed by atoms with van der Waals surface area (Å²) in [5, 5.41) is 10.1. The maximum atomic E-state index is 13.7. The molecule has 1 amide bonds. The molecule has 0 aliphatic carbocycles. The van der Waals surface area contributed by atoms with Crippen LogP contribution in [0.5, 0.6) is 5.75 Å². The number of ether oxygens (including phenoxy) is 1. The summed E-state index contributed by atoms with van der Waals surface area (Å²) in [5.74, 6) is -2.18. The molecule has 2 atom stereocenters. The fraction of sp³-hybridized carbons (Fsp3) is 0.533. The summed E-state index contributed by atoms with van der Waals surface area (Å²) >= 11 is 0. The van der Waals surface area contributed by atoms with Gasteiger partial charge in [-0.15, -0.1) is 0 Å². The minimum absolute atomic E-state index is 0.00782. The monoisotopic (exact) mass is 360 g/mol. The Kier molecular flexibility index (Phi) is 5.46. The third kappa shape index (κ3) is 3.68. The molecule has 1 N–H and O–H groups in total. The highest BCUT2D eigenvalue weighted by Crippen LogP contribution is 2.27. The van der Waals surface area contributed by atoms with Crippen molar-refractivity contribution in [1.29, 1.82) is 0 Å². The number of aliphatic hydroxyl groups is 1. The number of sulfonamides is 1. The van der Waals surface area contributed by atoms with Gasteiger partial charge in [-0.3, -0.25) is 4.79 Å². The first-order valence-corrected chi connectivity index (χ1v) is 8.98. The second-order valence-electron chi connectivity index (χ2n) is 5.92. The lowest BCUT2D eigenvalue weighted by Crippen LogP contribution is -2.33. The van der Waals surface area contributed by atoms with E-state index in [1.807, 2.05) is 0 Å². The molecule has 1 aromatic rings. The number of hydrogen-bond donors (Lipinski definition) is 1. The Labute approximate surface area is 140 Å². The zero-order chi connectivity index (χ0) is 18.1. The zero-order valence-electron chi connectivity index (χ0n) is 13.8. The van der Waals surface area contributed by atoms with E-state index >= 15 is 0 Å². The first kappa shape index (κ1) is 18.6. The van der Waals surface area contributed by atoms with Crippen LogP contribution in [0.15, 0.2) is 18.2 Å². The average molecular weight is 360 g/mol. The van der Waals surface area contributed by atoms with Crippen LogP contribution in [-0.4, -0.2) is 74.8 Å². The number of rotatable bonds is 5. The predicted octanol–water partition coefficient (Wildman–Crippen LogP) is 0.159. The van der Waals surface area contributed by atoms with Crippen molar-refractivity contribution in [2.75, 3.05) is 40.0 Å². The van der Waals surface area contributed by atoms with Crippen LogP contribution in [0, 0.1) is 11.7 Å². The summed E-state index contributed by atoms with van der Waals surface area (Å²) in [5.41, 5.74) is 0.0424. The van der Waals surface area contributed by atoms with Crippen molar-refractivity contribution in [3.8, 4) is 5.75 Å². The van der Waals surface area contributed by atoms with E-state index in [-0.39, 0.29) is 30.2 Å². The van der Waals surface area contributed by atoms with Crippen LogP contribution in [-0.2, 0) is 10.0 Å². The van der Waals surface area contributed by atoms with E-state index in [1.165, 1.54) is 44.3 Å². The Balaban J connectivity index is 2.18. The second-order valence-corrected chi connectivity index (χ2v) is 8.15. The number of nitrogens with zero attached hydrogens (tertiary/aromatic N) is 2. The van der Waals surface area contributed by atoms with Gasteiger partial charge in [0.05, 0.1) is 24.5 Å². The molecule has 2 rings (SSSR count). The van der Waals surface area contributed by atoms with Crippen LogP contribution < -0.4 is 4.74 Å². The molecule has 24 heavy (non-hydrogen) atoms. The van der Waals surface area contributed by atoms with Gasteiger partial charge in [0.2, 0.25) is 10.0 Å². The van der Waals surface area contributed by atoms with Gasteiger partial charge in [0.25, 0.3) is 5.91 Å². The number of para-hydroxylation sites is 1. The number of carbonyl (C=O) groups excluding carboxylic acids is 1. The molecule has 1 aliphatic rings. The first-order valence-electron chi connectivity index (χ1n) is 7.37. The fourth-order valence-corrected chi connectivity index (χ4v) is 3.83. The second kappa shape index (κ2) is 7.04. The Morgan fingerprint density at radius 3 is 2.67 bits per heavy atom. The fourth-order valence-electron chi connectivity index (χ4n) is 2.66. The van der Waals surface area contributed by atoms with E-state index in [0.717, 1.165) is 4.31 Å². The van der Waals surface area contributed by atoms with Crippen molar-refractivity contribution in [3.63, 3.8) is 0 Å². The summed E-state index contributed by atoms with van der Waals surface area (Å²) in [6.07, 6.45) is -0.955. The number of hydrogen-bond acceptors (Lipinski definition) is 5. The highest BCUT2D eigenvalue weighted by Gasteiger charge is 2.38. The van der Waals surface area contributed by atoms with E-state index in [1.54, 1.807) is 0 Å². The number of likely N-dealkylation sites (tertiary alicyclic amines) is 1. The van der Waals surface area contributed by atoms with E-state index in [4.69, 9.17) is 4.74 Å². The first-order chi connectivity index (χ1) is 11.2. The minimum Gasteiger partial charge on any atom is -0.493 e. The molecular weight excluding hydrogens is 339 g/mol. The maximum Gasteiger partial charge on any atom is 0.257 e. The van der Waals surface area contributed by atoms with Gasteiger partial charge in [0.15, 0.2) is 11.6 Å². The number of methoxy groups -OCH3 is 1. The third-order valence-electron chi connectivity index (χ3n) is 4.08. The van der Waals surface area contributed by atoms with E-state index < -0.39 is 33.8 Å². The normalized spacial score (nSPS) is 21.3. The predicted molar refractivity (Wildman–Crippen MR) is 85.8 cm³/mol. The number of benzene rings is 1. The zero-order valence-corrected chi connectivity index (χ0v) is 14.6. The number of halogens is 1. The van der Waals surface area contributed by atoms with Crippen LogP contribution >= 0.6 is 0 Å². The van der Waals surface area contributed by atoms with Crippen molar-refractivity contribution >= 4 is 15.9 Å². The summed E-state index contributed by atoms with van der Waals surface area (Å²) in [6, 6.07) is 4.01. The molecular formula is C15H21FN2O5S. The minimum atomic E-state index is -3.50.